The van der Waals surface area contributed by atoms with Gasteiger partial charge in [-0.05, 0) is 13.3 Å². The summed E-state index contributed by atoms with van der Waals surface area (Å²) >= 11 is 0. The second-order valence-corrected chi connectivity index (χ2v) is 6.78. The molecule has 2 heterocycles. The molecule has 18 heavy (non-hydrogen) atoms. The zero-order chi connectivity index (χ0) is 13.3. The predicted octanol–water partition coefficient (Wildman–Crippen LogP) is -0.0626. The Morgan fingerprint density at radius 2 is 2.28 bits per heavy atom. The number of aryl methyl sites for hydroxylation is 1. The standard InChI is InChI=1S/C10H15N3O4S/c1-3-8-12-9(13-17-8)10(14)11-7-4-5-18(15,16)6(7)2/h6-7H,3-5H2,1-2H3,(H,11,14)/t6-,7-/m0/s1. The number of aromatic nitrogens is 2. The Morgan fingerprint density at radius 1 is 1.56 bits per heavy atom. The smallest absolute Gasteiger partial charge is 0.292 e. The minimum absolute atomic E-state index is 0.0525. The summed E-state index contributed by atoms with van der Waals surface area (Å²) in [6.45, 7) is 3.43. The van der Waals surface area contributed by atoms with Crippen LogP contribution in [0.15, 0.2) is 4.52 Å². The molecule has 1 amide bonds. The Balaban J connectivity index is 2.04. The maximum atomic E-state index is 11.8. The topological polar surface area (TPSA) is 102 Å². The average molecular weight is 273 g/mol. The fourth-order valence-electron chi connectivity index (χ4n) is 1.88. The molecule has 8 heteroatoms. The lowest BCUT2D eigenvalue weighted by atomic mass is 10.2. The zero-order valence-electron chi connectivity index (χ0n) is 10.2. The van der Waals surface area contributed by atoms with E-state index >= 15 is 0 Å². The molecule has 1 fully saturated rings. The first-order valence-corrected chi connectivity index (χ1v) is 7.50. The van der Waals surface area contributed by atoms with E-state index in [4.69, 9.17) is 4.52 Å². The number of sulfone groups is 1. The molecule has 1 aromatic heterocycles. The van der Waals surface area contributed by atoms with Crippen LogP contribution in [0.5, 0.6) is 0 Å². The van der Waals surface area contributed by atoms with Gasteiger partial charge in [0.1, 0.15) is 0 Å². The minimum Gasteiger partial charge on any atom is -0.345 e. The molecule has 0 bridgehead atoms. The molecule has 0 radical (unpaired) electrons. The van der Waals surface area contributed by atoms with E-state index in [2.05, 4.69) is 15.5 Å². The van der Waals surface area contributed by atoms with Crippen LogP contribution < -0.4 is 5.32 Å². The summed E-state index contributed by atoms with van der Waals surface area (Å²) in [6.07, 6.45) is 0.974. The van der Waals surface area contributed by atoms with Gasteiger partial charge in [-0.1, -0.05) is 12.1 Å². The average Bonchev–Trinajstić information content (AvgIpc) is 2.89. The van der Waals surface area contributed by atoms with E-state index in [0.29, 0.717) is 18.7 Å². The highest BCUT2D eigenvalue weighted by molar-refractivity contribution is 7.92. The molecule has 0 aromatic carbocycles. The van der Waals surface area contributed by atoms with Crippen molar-refractivity contribution in [3.63, 3.8) is 0 Å². The van der Waals surface area contributed by atoms with Crippen LogP contribution in [0.4, 0.5) is 0 Å². The highest BCUT2D eigenvalue weighted by Gasteiger charge is 2.38. The number of hydrogen-bond donors (Lipinski definition) is 1. The third-order valence-corrected chi connectivity index (χ3v) is 5.40. The molecule has 100 valence electrons. The number of amides is 1. The van der Waals surface area contributed by atoms with Gasteiger partial charge in [0, 0.05) is 12.5 Å². The maximum absolute atomic E-state index is 11.8. The summed E-state index contributed by atoms with van der Waals surface area (Å²) in [6, 6.07) is -0.383. The molecule has 1 N–H and O–H groups in total. The summed E-state index contributed by atoms with van der Waals surface area (Å²) < 4.78 is 27.9. The lowest BCUT2D eigenvalue weighted by molar-refractivity contribution is 0.0924. The molecular weight excluding hydrogens is 258 g/mol. The van der Waals surface area contributed by atoms with Crippen LogP contribution in [0.3, 0.4) is 0 Å². The number of carbonyl (C=O) groups is 1. The highest BCUT2D eigenvalue weighted by atomic mass is 32.2. The summed E-state index contributed by atoms with van der Waals surface area (Å²) in [7, 11) is -3.08. The first-order chi connectivity index (χ1) is 8.44. The Kier molecular flexibility index (Phi) is 3.38. The first kappa shape index (κ1) is 13.0. The number of carbonyl (C=O) groups excluding carboxylic acids is 1. The van der Waals surface area contributed by atoms with E-state index in [-0.39, 0.29) is 17.6 Å². The van der Waals surface area contributed by atoms with Crippen molar-refractivity contribution in [3.8, 4) is 0 Å². The lowest BCUT2D eigenvalue weighted by Crippen LogP contribution is -2.40. The van der Waals surface area contributed by atoms with E-state index in [0.717, 1.165) is 0 Å². The van der Waals surface area contributed by atoms with E-state index < -0.39 is 21.0 Å². The largest absolute Gasteiger partial charge is 0.345 e. The minimum atomic E-state index is -3.08. The Hall–Kier alpha value is -1.44. The molecule has 2 rings (SSSR count). The maximum Gasteiger partial charge on any atom is 0.292 e. The second-order valence-electron chi connectivity index (χ2n) is 4.31. The molecule has 1 aromatic rings. The highest BCUT2D eigenvalue weighted by Crippen LogP contribution is 2.20. The number of rotatable bonds is 3. The van der Waals surface area contributed by atoms with Gasteiger partial charge in [0.25, 0.3) is 11.7 Å². The summed E-state index contributed by atoms with van der Waals surface area (Å²) in [5.74, 6) is -0.0612. The van der Waals surface area contributed by atoms with Gasteiger partial charge in [-0.3, -0.25) is 4.79 Å². The van der Waals surface area contributed by atoms with E-state index in [1.165, 1.54) is 0 Å². The quantitative estimate of drug-likeness (QED) is 0.827. The third kappa shape index (κ3) is 2.38. The van der Waals surface area contributed by atoms with Gasteiger partial charge in [-0.15, -0.1) is 0 Å². The van der Waals surface area contributed by atoms with E-state index in [9.17, 15) is 13.2 Å². The number of nitrogens with one attached hydrogen (secondary N) is 1. The molecule has 0 spiro atoms. The van der Waals surface area contributed by atoms with Crippen LogP contribution in [-0.2, 0) is 16.3 Å². The van der Waals surface area contributed by atoms with Gasteiger partial charge >= 0.3 is 0 Å². The van der Waals surface area contributed by atoms with Crippen LogP contribution in [0.1, 0.15) is 36.8 Å². The van der Waals surface area contributed by atoms with Crippen LogP contribution in [-0.4, -0.2) is 41.5 Å². The van der Waals surface area contributed by atoms with Crippen LogP contribution >= 0.6 is 0 Å². The molecule has 0 saturated carbocycles. The van der Waals surface area contributed by atoms with E-state index in [1.54, 1.807) is 6.92 Å². The third-order valence-electron chi connectivity index (χ3n) is 3.14. The van der Waals surface area contributed by atoms with E-state index in [1.807, 2.05) is 6.92 Å². The summed E-state index contributed by atoms with van der Waals surface area (Å²) in [4.78, 5) is 15.7. The number of nitrogens with zero attached hydrogens (tertiary/aromatic N) is 2. The second kappa shape index (κ2) is 4.68. The lowest BCUT2D eigenvalue weighted by Gasteiger charge is -2.14. The van der Waals surface area contributed by atoms with Crippen molar-refractivity contribution in [1.29, 1.82) is 0 Å². The van der Waals surface area contributed by atoms with Gasteiger partial charge in [0.2, 0.25) is 5.89 Å². The van der Waals surface area contributed by atoms with Crippen LogP contribution in [0.2, 0.25) is 0 Å². The van der Waals surface area contributed by atoms with Crippen molar-refractivity contribution in [2.24, 2.45) is 0 Å². The fourth-order valence-corrected chi connectivity index (χ4v) is 3.53. The van der Waals surface area contributed by atoms with Crippen LogP contribution in [0, 0.1) is 0 Å². The van der Waals surface area contributed by atoms with Gasteiger partial charge in [-0.25, -0.2) is 8.42 Å². The van der Waals surface area contributed by atoms with Gasteiger partial charge in [0.15, 0.2) is 9.84 Å². The van der Waals surface area contributed by atoms with Crippen molar-refractivity contribution in [2.75, 3.05) is 5.75 Å². The van der Waals surface area contributed by atoms with Crippen LogP contribution in [0.25, 0.3) is 0 Å². The van der Waals surface area contributed by atoms with Crippen molar-refractivity contribution in [3.05, 3.63) is 11.7 Å². The van der Waals surface area contributed by atoms with Crippen molar-refractivity contribution in [2.45, 2.75) is 38.0 Å². The SMILES string of the molecule is CCc1nc(C(=O)N[C@H]2CCS(=O)(=O)[C@H]2C)no1. The molecule has 0 unspecified atom stereocenters. The Bertz CT molecular complexity index is 551. The number of hydrogen-bond acceptors (Lipinski definition) is 6. The molecule has 0 aliphatic carbocycles. The van der Waals surface area contributed by atoms with Gasteiger partial charge < -0.3 is 9.84 Å². The molecule has 7 nitrogen and oxygen atoms in total. The first-order valence-electron chi connectivity index (χ1n) is 5.79. The molecule has 1 aliphatic rings. The molecule has 1 saturated heterocycles. The molecule has 2 atom stereocenters. The fraction of sp³-hybridized carbons (Fsp3) is 0.700. The molecule has 1 aliphatic heterocycles. The Morgan fingerprint density at radius 3 is 2.78 bits per heavy atom. The summed E-state index contributed by atoms with van der Waals surface area (Å²) in [5.41, 5.74) is 0. The van der Waals surface area contributed by atoms with Gasteiger partial charge in [-0.2, -0.15) is 4.98 Å². The Labute approximate surface area is 105 Å². The predicted molar refractivity (Wildman–Crippen MR) is 62.8 cm³/mol. The zero-order valence-corrected chi connectivity index (χ0v) is 11.0. The van der Waals surface area contributed by atoms with Crippen molar-refractivity contribution in [1.82, 2.24) is 15.5 Å². The normalized spacial score (nSPS) is 26.1. The monoisotopic (exact) mass is 273 g/mol. The van der Waals surface area contributed by atoms with Crippen molar-refractivity contribution < 1.29 is 17.7 Å². The van der Waals surface area contributed by atoms with Gasteiger partial charge in [0.05, 0.1) is 11.0 Å². The molecular formula is C10H15N3O4S. The summed E-state index contributed by atoms with van der Waals surface area (Å²) in [5, 5.41) is 5.61. The van der Waals surface area contributed by atoms with Crippen molar-refractivity contribution >= 4 is 15.7 Å².